The molecule has 1 rings (SSSR count). The molecule has 0 atom stereocenters. The van der Waals surface area contributed by atoms with E-state index in [0.717, 1.165) is 6.07 Å². The molecule has 0 bridgehead atoms. The predicted molar refractivity (Wildman–Crippen MR) is 43.3 cm³/mol. The molecular weight excluding hydrogens is 220 g/mol. The van der Waals surface area contributed by atoms with Crippen molar-refractivity contribution in [2.75, 3.05) is 0 Å². The smallest absolute Gasteiger partial charge is 1.00 e. The third-order valence-electron chi connectivity index (χ3n) is 1.01. The largest absolute Gasteiger partial charge is 2.00 e. The molecule has 0 aliphatic carbocycles. The van der Waals surface area contributed by atoms with Crippen molar-refractivity contribution in [3.63, 3.8) is 0 Å². The first kappa shape index (κ1) is 18.7. The van der Waals surface area contributed by atoms with E-state index in [1.807, 2.05) is 0 Å². The van der Waals surface area contributed by atoms with Crippen LogP contribution in [0.25, 0.3) is 0 Å². The van der Waals surface area contributed by atoms with Crippen LogP contribution in [0, 0.1) is 6.07 Å². The van der Waals surface area contributed by atoms with Crippen LogP contribution in [0.4, 0.5) is 13.2 Å². The Labute approximate surface area is 95.4 Å². The van der Waals surface area contributed by atoms with Crippen LogP contribution in [-0.4, -0.2) is 23.1 Å². The van der Waals surface area contributed by atoms with E-state index in [0.29, 0.717) is 0 Å². The molecule has 0 aliphatic heterocycles. The van der Waals surface area contributed by atoms with E-state index in [4.69, 9.17) is 0 Å². The average Bonchev–Trinajstić information content (AvgIpc) is 1.88. The molecule has 70 valence electrons. The van der Waals surface area contributed by atoms with Gasteiger partial charge < -0.3 is 4.70 Å². The van der Waals surface area contributed by atoms with Gasteiger partial charge in [0.05, 0.1) is 0 Å². The van der Waals surface area contributed by atoms with Crippen LogP contribution in [-0.2, 0) is 6.18 Å². The molecular formula is C7H5ClF4Mg. The van der Waals surface area contributed by atoms with Gasteiger partial charge in [0.2, 0.25) is 0 Å². The second kappa shape index (κ2) is 7.40. The zero-order chi connectivity index (χ0) is 7.61. The van der Waals surface area contributed by atoms with Crippen LogP contribution in [0.3, 0.4) is 0 Å². The van der Waals surface area contributed by atoms with E-state index in [-0.39, 0.29) is 40.2 Å². The van der Waals surface area contributed by atoms with Crippen LogP contribution >= 0.6 is 12.4 Å². The predicted octanol–water partition coefficient (Wildman–Crippen LogP) is -0.449. The van der Waals surface area contributed by atoms with Crippen molar-refractivity contribution in [2.45, 2.75) is 6.18 Å². The molecule has 0 aliphatic rings. The van der Waals surface area contributed by atoms with Gasteiger partial charge in [0.15, 0.2) is 0 Å². The number of halogens is 5. The molecule has 0 aromatic heterocycles. The molecule has 0 N–H and O–H groups in total. The van der Waals surface area contributed by atoms with Crippen LogP contribution in [0.2, 0.25) is 0 Å². The Morgan fingerprint density at radius 3 is 1.92 bits per heavy atom. The maximum Gasteiger partial charge on any atom is 2.00 e. The first-order valence-corrected chi connectivity index (χ1v) is 2.64. The van der Waals surface area contributed by atoms with Gasteiger partial charge in [-0.25, -0.2) is 0 Å². The number of alkyl halides is 3. The van der Waals surface area contributed by atoms with Gasteiger partial charge in [0.1, 0.15) is 0 Å². The zero-order valence-electron chi connectivity index (χ0n) is 6.44. The SMILES string of the molecule is Cl.FC(F)(F)c1[c-]cccc1.[F-].[Mg+2]. The maximum atomic E-state index is 11.8. The van der Waals surface area contributed by atoms with Gasteiger partial charge in [-0.15, -0.1) is 12.4 Å². The monoisotopic (exact) mass is 224 g/mol. The molecule has 0 spiro atoms. The third-order valence-corrected chi connectivity index (χ3v) is 1.01. The summed E-state index contributed by atoms with van der Waals surface area (Å²) in [5.74, 6) is 0. The Morgan fingerprint density at radius 1 is 1.15 bits per heavy atom. The third kappa shape index (κ3) is 6.12. The van der Waals surface area contributed by atoms with Gasteiger partial charge in [-0.2, -0.15) is 43.5 Å². The molecule has 0 fully saturated rings. The first-order chi connectivity index (χ1) is 4.61. The summed E-state index contributed by atoms with van der Waals surface area (Å²) in [4.78, 5) is 0. The van der Waals surface area contributed by atoms with E-state index >= 15 is 0 Å². The number of rotatable bonds is 0. The Balaban J connectivity index is -0.000000333. The van der Waals surface area contributed by atoms with Gasteiger partial charge >= 0.3 is 29.2 Å². The Morgan fingerprint density at radius 2 is 1.69 bits per heavy atom. The molecule has 0 saturated heterocycles. The van der Waals surface area contributed by atoms with Crippen LogP contribution in [0.5, 0.6) is 0 Å². The minimum Gasteiger partial charge on any atom is -1.00 e. The van der Waals surface area contributed by atoms with Crippen LogP contribution in [0.15, 0.2) is 24.3 Å². The van der Waals surface area contributed by atoms with Gasteiger partial charge in [-0.05, 0) is 0 Å². The quantitative estimate of drug-likeness (QED) is 0.318. The van der Waals surface area contributed by atoms with Gasteiger partial charge in [0.25, 0.3) is 0 Å². The summed E-state index contributed by atoms with van der Waals surface area (Å²) < 4.78 is 35.3. The van der Waals surface area contributed by atoms with Gasteiger partial charge in [-0.3, -0.25) is 0 Å². The van der Waals surface area contributed by atoms with Crippen molar-refractivity contribution in [3.8, 4) is 0 Å². The second-order valence-electron chi connectivity index (χ2n) is 1.77. The van der Waals surface area contributed by atoms with Gasteiger partial charge in [-0.1, -0.05) is 5.56 Å². The first-order valence-electron chi connectivity index (χ1n) is 2.64. The molecule has 0 amide bonds. The van der Waals surface area contributed by atoms with Crippen molar-refractivity contribution in [2.24, 2.45) is 0 Å². The fourth-order valence-corrected chi connectivity index (χ4v) is 0.570. The normalized spacial score (nSPS) is 8.85. The summed E-state index contributed by atoms with van der Waals surface area (Å²) in [6.07, 6.45) is -4.26. The second-order valence-corrected chi connectivity index (χ2v) is 1.77. The number of benzene rings is 1. The molecule has 1 aromatic rings. The van der Waals surface area contributed by atoms with E-state index < -0.39 is 11.7 Å². The average molecular weight is 225 g/mol. The van der Waals surface area contributed by atoms with E-state index in [2.05, 4.69) is 6.07 Å². The van der Waals surface area contributed by atoms with Crippen molar-refractivity contribution < 1.29 is 17.9 Å². The summed E-state index contributed by atoms with van der Waals surface area (Å²) in [6.45, 7) is 0. The summed E-state index contributed by atoms with van der Waals surface area (Å²) in [5.41, 5.74) is -0.727. The van der Waals surface area contributed by atoms with Crippen molar-refractivity contribution in [1.82, 2.24) is 0 Å². The standard InChI is InChI=1S/C7H4F3.ClH.FH.Mg/c8-7(9,10)6-4-2-1-3-5-6;;;/h1-4H;2*1H;/q-1;;;+2/p-1. The molecule has 0 saturated carbocycles. The van der Waals surface area contributed by atoms with Crippen LogP contribution < -0.4 is 4.70 Å². The minimum atomic E-state index is -4.26. The maximum absolute atomic E-state index is 11.8. The fourth-order valence-electron chi connectivity index (χ4n) is 0.570. The number of hydrogen-bond acceptors (Lipinski definition) is 0. The van der Waals surface area contributed by atoms with Crippen molar-refractivity contribution in [3.05, 3.63) is 35.9 Å². The molecule has 1 aromatic carbocycles. The fraction of sp³-hybridized carbons (Fsp3) is 0.143. The van der Waals surface area contributed by atoms with E-state index in [1.165, 1.54) is 18.2 Å². The Kier molecular flexibility index (Phi) is 10.7. The molecule has 6 heteroatoms. The van der Waals surface area contributed by atoms with Crippen molar-refractivity contribution >= 4 is 35.5 Å². The molecule has 0 radical (unpaired) electrons. The van der Waals surface area contributed by atoms with E-state index in [1.54, 1.807) is 0 Å². The topological polar surface area (TPSA) is 0 Å². The van der Waals surface area contributed by atoms with E-state index in [9.17, 15) is 13.2 Å². The summed E-state index contributed by atoms with van der Waals surface area (Å²) in [6, 6.07) is 7.14. The zero-order valence-corrected chi connectivity index (χ0v) is 8.67. The minimum absolute atomic E-state index is 0. The summed E-state index contributed by atoms with van der Waals surface area (Å²) in [5, 5.41) is 0. The summed E-state index contributed by atoms with van der Waals surface area (Å²) >= 11 is 0. The van der Waals surface area contributed by atoms with Crippen LogP contribution in [0.1, 0.15) is 5.56 Å². The molecule has 13 heavy (non-hydrogen) atoms. The van der Waals surface area contributed by atoms with Gasteiger partial charge in [0, 0.05) is 0 Å². The molecule has 0 heterocycles. The Hall–Kier alpha value is -0.00377. The molecule has 0 unspecified atom stereocenters. The number of hydrogen-bond donors (Lipinski definition) is 0. The Bertz CT molecular complexity index is 211. The summed E-state index contributed by atoms with van der Waals surface area (Å²) in [7, 11) is 0. The molecule has 0 nitrogen and oxygen atoms in total. The van der Waals surface area contributed by atoms with Crippen molar-refractivity contribution in [1.29, 1.82) is 0 Å².